The first-order chi connectivity index (χ1) is 14.5. The smallest absolute Gasteiger partial charge is 0.278 e. The van der Waals surface area contributed by atoms with E-state index in [1.54, 1.807) is 9.25 Å². The lowest BCUT2D eigenvalue weighted by Gasteiger charge is -2.34. The summed E-state index contributed by atoms with van der Waals surface area (Å²) in [5.41, 5.74) is 3.18. The second-order valence-electron chi connectivity index (χ2n) is 8.65. The van der Waals surface area contributed by atoms with E-state index in [2.05, 4.69) is 15.3 Å². The molecule has 9 heteroatoms. The molecule has 0 aliphatic carbocycles. The molecular weight excluding hydrogens is 402 g/mol. The molecule has 3 aliphatic rings. The van der Waals surface area contributed by atoms with E-state index in [0.29, 0.717) is 29.3 Å². The molecule has 2 fully saturated rings. The summed E-state index contributed by atoms with van der Waals surface area (Å²) in [7, 11) is 3.71. The molecule has 0 amide bonds. The van der Waals surface area contributed by atoms with E-state index >= 15 is 0 Å². The third kappa shape index (κ3) is 2.60. The molecule has 1 N–H and O–H groups in total. The third-order valence-electron chi connectivity index (χ3n) is 6.67. The highest BCUT2D eigenvalue weighted by Crippen LogP contribution is 2.39. The van der Waals surface area contributed by atoms with Gasteiger partial charge in [-0.15, -0.1) is 0 Å². The highest BCUT2D eigenvalue weighted by molar-refractivity contribution is 6.38. The summed E-state index contributed by atoms with van der Waals surface area (Å²) in [6, 6.07) is 4.90. The molecule has 30 heavy (non-hydrogen) atoms. The largest absolute Gasteiger partial charge is 0.339 e. The maximum atomic E-state index is 13.4. The van der Waals surface area contributed by atoms with E-state index in [0.717, 1.165) is 47.7 Å². The fourth-order valence-corrected chi connectivity index (χ4v) is 5.57. The van der Waals surface area contributed by atoms with Crippen LogP contribution in [0.1, 0.15) is 18.5 Å². The number of aromatic nitrogens is 4. The fraction of sp³-hybridized carbons (Fsp3) is 0.476. The molecule has 2 unspecified atom stereocenters. The summed E-state index contributed by atoms with van der Waals surface area (Å²) in [6.07, 6.45) is 5.04. The van der Waals surface area contributed by atoms with Crippen molar-refractivity contribution in [2.75, 3.05) is 29.4 Å². The maximum absolute atomic E-state index is 13.4. The molecule has 2 aromatic heterocycles. The molecular formula is C21H24ClN7O. The van der Waals surface area contributed by atoms with Crippen molar-refractivity contribution in [2.45, 2.75) is 31.3 Å². The normalized spacial score (nSPS) is 22.9. The van der Waals surface area contributed by atoms with Gasteiger partial charge in [-0.1, -0.05) is 11.6 Å². The van der Waals surface area contributed by atoms with Gasteiger partial charge < -0.3 is 15.1 Å². The monoisotopic (exact) mass is 425 g/mol. The van der Waals surface area contributed by atoms with Crippen LogP contribution < -0.4 is 20.7 Å². The summed E-state index contributed by atoms with van der Waals surface area (Å²) in [5.74, 6) is 0.785. The molecule has 0 spiro atoms. The Labute approximate surface area is 179 Å². The van der Waals surface area contributed by atoms with Crippen molar-refractivity contribution in [1.29, 1.82) is 0 Å². The molecule has 0 saturated carbocycles. The van der Waals surface area contributed by atoms with Crippen LogP contribution in [0.4, 0.5) is 17.3 Å². The molecule has 5 heterocycles. The number of halogens is 1. The third-order valence-corrected chi connectivity index (χ3v) is 7.06. The van der Waals surface area contributed by atoms with Gasteiger partial charge in [-0.25, -0.2) is 4.98 Å². The fourth-order valence-electron chi connectivity index (χ4n) is 5.26. The van der Waals surface area contributed by atoms with Gasteiger partial charge >= 0.3 is 0 Å². The van der Waals surface area contributed by atoms with Crippen LogP contribution in [-0.4, -0.2) is 51.0 Å². The van der Waals surface area contributed by atoms with Crippen LogP contribution in [-0.2, 0) is 20.5 Å². The lowest BCUT2D eigenvalue weighted by atomic mass is 10.2. The van der Waals surface area contributed by atoms with Gasteiger partial charge in [0, 0.05) is 63.8 Å². The second kappa shape index (κ2) is 6.46. The Balaban J connectivity index is 1.43. The van der Waals surface area contributed by atoms with Crippen molar-refractivity contribution in [3.63, 3.8) is 0 Å². The zero-order valence-electron chi connectivity index (χ0n) is 17.1. The van der Waals surface area contributed by atoms with Crippen molar-refractivity contribution in [3.05, 3.63) is 39.4 Å². The number of rotatable bonds is 2. The van der Waals surface area contributed by atoms with E-state index in [1.807, 2.05) is 37.3 Å². The lowest BCUT2D eigenvalue weighted by Crippen LogP contribution is -2.52. The zero-order chi connectivity index (χ0) is 20.6. The van der Waals surface area contributed by atoms with Gasteiger partial charge in [0.25, 0.3) is 5.56 Å². The molecule has 6 rings (SSSR count). The number of piperazine rings is 1. The van der Waals surface area contributed by atoms with E-state index in [9.17, 15) is 4.79 Å². The molecule has 8 nitrogen and oxygen atoms in total. The molecule has 2 bridgehead atoms. The van der Waals surface area contributed by atoms with Gasteiger partial charge in [-0.3, -0.25) is 14.0 Å². The molecule has 156 valence electrons. The van der Waals surface area contributed by atoms with Gasteiger partial charge in [0.1, 0.15) is 5.69 Å². The SMILES string of the molecule is Cn1cc2c(Cl)c(N3CCc4nc(N5CC6CCC(C5)N6)n(C)c(=O)c43)ccc2n1. The van der Waals surface area contributed by atoms with Crippen molar-refractivity contribution < 1.29 is 0 Å². The Morgan fingerprint density at radius 1 is 1.17 bits per heavy atom. The lowest BCUT2D eigenvalue weighted by molar-refractivity contribution is 0.456. The first kappa shape index (κ1) is 18.2. The van der Waals surface area contributed by atoms with Gasteiger partial charge in [-0.05, 0) is 25.0 Å². The Kier molecular flexibility index (Phi) is 3.92. The molecule has 3 aromatic rings. The number of aryl methyl sites for hydroxylation is 1. The van der Waals surface area contributed by atoms with Gasteiger partial charge in [0.05, 0.1) is 21.9 Å². The number of anilines is 3. The van der Waals surface area contributed by atoms with Crippen LogP contribution in [0.2, 0.25) is 5.02 Å². The van der Waals surface area contributed by atoms with Gasteiger partial charge in [-0.2, -0.15) is 5.10 Å². The Bertz CT molecular complexity index is 1220. The number of nitrogens with one attached hydrogen (secondary N) is 1. The Morgan fingerprint density at radius 3 is 2.70 bits per heavy atom. The quantitative estimate of drug-likeness (QED) is 0.676. The second-order valence-corrected chi connectivity index (χ2v) is 9.03. The Morgan fingerprint density at radius 2 is 1.93 bits per heavy atom. The molecule has 2 atom stereocenters. The van der Waals surface area contributed by atoms with E-state index in [-0.39, 0.29) is 5.56 Å². The van der Waals surface area contributed by atoms with E-state index in [4.69, 9.17) is 16.6 Å². The van der Waals surface area contributed by atoms with Crippen LogP contribution in [0.5, 0.6) is 0 Å². The average Bonchev–Trinajstić information content (AvgIpc) is 3.41. The van der Waals surface area contributed by atoms with Crippen LogP contribution in [0.25, 0.3) is 10.9 Å². The van der Waals surface area contributed by atoms with Crippen LogP contribution >= 0.6 is 11.6 Å². The van der Waals surface area contributed by atoms with Crippen LogP contribution in [0, 0.1) is 0 Å². The summed E-state index contributed by atoms with van der Waals surface area (Å²) in [6.45, 7) is 2.50. The number of benzene rings is 1. The summed E-state index contributed by atoms with van der Waals surface area (Å²) in [5, 5.41) is 9.58. The highest BCUT2D eigenvalue weighted by Gasteiger charge is 2.35. The highest BCUT2D eigenvalue weighted by atomic mass is 35.5. The number of hydrogen-bond acceptors (Lipinski definition) is 6. The molecule has 0 radical (unpaired) electrons. The van der Waals surface area contributed by atoms with Gasteiger partial charge in [0.15, 0.2) is 0 Å². The molecule has 2 saturated heterocycles. The first-order valence-corrected chi connectivity index (χ1v) is 10.9. The van der Waals surface area contributed by atoms with Crippen molar-refractivity contribution >= 4 is 39.8 Å². The predicted octanol–water partition coefficient (Wildman–Crippen LogP) is 1.96. The van der Waals surface area contributed by atoms with Crippen molar-refractivity contribution in [2.24, 2.45) is 14.1 Å². The minimum atomic E-state index is -0.0132. The van der Waals surface area contributed by atoms with Crippen molar-refractivity contribution in [3.8, 4) is 0 Å². The average molecular weight is 426 g/mol. The minimum absolute atomic E-state index is 0.0132. The predicted molar refractivity (Wildman–Crippen MR) is 118 cm³/mol. The molecule has 3 aliphatic heterocycles. The summed E-state index contributed by atoms with van der Waals surface area (Å²) >= 11 is 6.75. The van der Waals surface area contributed by atoms with E-state index < -0.39 is 0 Å². The number of hydrogen-bond donors (Lipinski definition) is 1. The standard InChI is InChI=1S/C21H24ClN7O/c1-26-11-14-15(25-26)5-6-17(18(14)22)29-8-7-16-19(29)20(30)27(2)21(24-16)28-9-12-3-4-13(10-28)23-12/h5-6,11-13,23H,3-4,7-10H2,1-2H3. The van der Waals surface area contributed by atoms with Crippen LogP contribution in [0.3, 0.4) is 0 Å². The summed E-state index contributed by atoms with van der Waals surface area (Å²) in [4.78, 5) is 22.7. The topological polar surface area (TPSA) is 71.2 Å². The van der Waals surface area contributed by atoms with Gasteiger partial charge in [0.2, 0.25) is 5.95 Å². The minimum Gasteiger partial charge on any atom is -0.339 e. The van der Waals surface area contributed by atoms with E-state index in [1.165, 1.54) is 12.8 Å². The van der Waals surface area contributed by atoms with Crippen molar-refractivity contribution in [1.82, 2.24) is 24.6 Å². The Hall–Kier alpha value is -2.58. The summed E-state index contributed by atoms with van der Waals surface area (Å²) < 4.78 is 3.46. The zero-order valence-corrected chi connectivity index (χ0v) is 17.9. The number of nitrogens with zero attached hydrogens (tertiary/aromatic N) is 6. The number of fused-ring (bicyclic) bond motifs is 4. The maximum Gasteiger partial charge on any atom is 0.278 e. The molecule has 1 aromatic carbocycles. The van der Waals surface area contributed by atoms with Crippen LogP contribution in [0.15, 0.2) is 23.1 Å². The first-order valence-electron chi connectivity index (χ1n) is 10.5.